The van der Waals surface area contributed by atoms with Crippen LogP contribution in [-0.2, 0) is 0 Å². The molecule has 3 nitrogen and oxygen atoms in total. The second kappa shape index (κ2) is 4.97. The zero-order valence-corrected chi connectivity index (χ0v) is 14.1. The molecule has 110 valence electrons. The molecule has 2 aromatic carbocycles. The number of benzene rings is 2. The molecule has 0 fully saturated rings. The third-order valence-electron chi connectivity index (χ3n) is 3.71. The van der Waals surface area contributed by atoms with Gasteiger partial charge in [-0.2, -0.15) is 0 Å². The Bertz CT molecular complexity index is 687. The van der Waals surface area contributed by atoms with E-state index in [4.69, 9.17) is 0 Å². The Morgan fingerprint density at radius 3 is 2.14 bits per heavy atom. The SMILES string of the molecule is CN(C)c1ccc2c(c1)Sc1cc([N+](C)(C)C)ccc1N2. The van der Waals surface area contributed by atoms with E-state index in [-0.39, 0.29) is 0 Å². The van der Waals surface area contributed by atoms with Crippen LogP contribution < -0.4 is 14.7 Å². The van der Waals surface area contributed by atoms with E-state index in [1.54, 1.807) is 0 Å². The van der Waals surface area contributed by atoms with Gasteiger partial charge < -0.3 is 10.2 Å². The number of nitrogens with one attached hydrogen (secondary N) is 1. The maximum Gasteiger partial charge on any atom is 0.133 e. The Morgan fingerprint density at radius 2 is 1.52 bits per heavy atom. The quantitative estimate of drug-likeness (QED) is 0.716. The van der Waals surface area contributed by atoms with E-state index in [0.717, 1.165) is 4.48 Å². The molecule has 0 aromatic heterocycles. The van der Waals surface area contributed by atoms with E-state index in [1.165, 1.54) is 32.5 Å². The van der Waals surface area contributed by atoms with Gasteiger partial charge in [-0.3, -0.25) is 4.48 Å². The smallest absolute Gasteiger partial charge is 0.133 e. The highest BCUT2D eigenvalue weighted by atomic mass is 32.2. The van der Waals surface area contributed by atoms with Gasteiger partial charge in [0.15, 0.2) is 0 Å². The average molecular weight is 300 g/mol. The molecule has 0 aliphatic carbocycles. The summed E-state index contributed by atoms with van der Waals surface area (Å²) in [5.74, 6) is 0. The first kappa shape index (κ1) is 14.3. The van der Waals surface area contributed by atoms with Crippen LogP contribution in [0, 0.1) is 0 Å². The van der Waals surface area contributed by atoms with Gasteiger partial charge in [0.1, 0.15) is 5.69 Å². The van der Waals surface area contributed by atoms with Gasteiger partial charge in [-0.25, -0.2) is 0 Å². The zero-order chi connectivity index (χ0) is 15.2. The standard InChI is InChI=1S/C17H22N3S/c1-19(2)12-6-8-14-16(10-12)21-17-11-13(20(3,4)5)7-9-15(17)18-14/h6-11,18H,1-5H3/q+1. The number of rotatable bonds is 2. The van der Waals surface area contributed by atoms with Crippen LogP contribution in [-0.4, -0.2) is 35.2 Å². The third-order valence-corrected chi connectivity index (χ3v) is 4.83. The second-order valence-corrected chi connectivity index (χ2v) is 7.58. The molecule has 0 unspecified atom stereocenters. The number of hydrogen-bond donors (Lipinski definition) is 1. The largest absolute Gasteiger partial charge is 0.378 e. The molecule has 1 heterocycles. The lowest BCUT2D eigenvalue weighted by Gasteiger charge is -2.27. The fraction of sp³-hybridized carbons (Fsp3) is 0.294. The molecule has 21 heavy (non-hydrogen) atoms. The van der Waals surface area contributed by atoms with E-state index in [0.29, 0.717) is 0 Å². The molecular formula is C17H22N3S+. The van der Waals surface area contributed by atoms with Crippen LogP contribution in [0.1, 0.15) is 0 Å². The summed E-state index contributed by atoms with van der Waals surface area (Å²) in [6.45, 7) is 0. The number of quaternary nitrogens is 1. The molecular weight excluding hydrogens is 278 g/mol. The summed E-state index contributed by atoms with van der Waals surface area (Å²) in [6.07, 6.45) is 0. The van der Waals surface area contributed by atoms with Crippen molar-refractivity contribution in [3.8, 4) is 0 Å². The van der Waals surface area contributed by atoms with Crippen LogP contribution in [0.25, 0.3) is 0 Å². The van der Waals surface area contributed by atoms with Gasteiger partial charge in [-0.15, -0.1) is 0 Å². The Balaban J connectivity index is 2.00. The molecule has 0 amide bonds. The zero-order valence-electron chi connectivity index (χ0n) is 13.3. The number of nitrogens with zero attached hydrogens (tertiary/aromatic N) is 2. The highest BCUT2D eigenvalue weighted by Crippen LogP contribution is 2.46. The number of anilines is 3. The van der Waals surface area contributed by atoms with Crippen molar-refractivity contribution in [2.24, 2.45) is 0 Å². The monoisotopic (exact) mass is 300 g/mol. The maximum absolute atomic E-state index is 3.54. The first-order valence-electron chi connectivity index (χ1n) is 7.07. The Labute approximate surface area is 131 Å². The van der Waals surface area contributed by atoms with Gasteiger partial charge in [-0.1, -0.05) is 11.8 Å². The summed E-state index contributed by atoms with van der Waals surface area (Å²) in [6, 6.07) is 13.2. The Morgan fingerprint density at radius 1 is 0.905 bits per heavy atom. The molecule has 0 atom stereocenters. The number of hydrogen-bond acceptors (Lipinski definition) is 3. The van der Waals surface area contributed by atoms with Crippen molar-refractivity contribution >= 4 is 34.5 Å². The summed E-state index contributed by atoms with van der Waals surface area (Å²) < 4.78 is 0.832. The van der Waals surface area contributed by atoms with Gasteiger partial charge in [0.05, 0.1) is 32.5 Å². The van der Waals surface area contributed by atoms with Crippen molar-refractivity contribution in [2.75, 3.05) is 45.5 Å². The highest BCUT2D eigenvalue weighted by Gasteiger charge is 2.20. The summed E-state index contributed by atoms with van der Waals surface area (Å²) in [5, 5.41) is 3.54. The lowest BCUT2D eigenvalue weighted by atomic mass is 10.2. The lowest BCUT2D eigenvalue weighted by Crippen LogP contribution is -2.34. The topological polar surface area (TPSA) is 15.3 Å². The molecule has 2 aromatic rings. The summed E-state index contributed by atoms with van der Waals surface area (Å²) >= 11 is 1.85. The minimum absolute atomic E-state index is 0.832. The molecule has 3 rings (SSSR count). The molecule has 0 saturated heterocycles. The van der Waals surface area contributed by atoms with Crippen molar-refractivity contribution < 1.29 is 0 Å². The molecule has 4 heteroatoms. The van der Waals surface area contributed by atoms with Crippen LogP contribution in [0.3, 0.4) is 0 Å². The molecule has 1 aliphatic rings. The van der Waals surface area contributed by atoms with Gasteiger partial charge >= 0.3 is 0 Å². The molecule has 1 N–H and O–H groups in total. The van der Waals surface area contributed by atoms with E-state index in [2.05, 4.69) is 81.9 Å². The van der Waals surface area contributed by atoms with Crippen molar-refractivity contribution in [3.05, 3.63) is 36.4 Å². The van der Waals surface area contributed by atoms with Gasteiger partial charge in [-0.05, 0) is 24.3 Å². The predicted octanol–water partition coefficient (Wildman–Crippen LogP) is 4.16. The molecule has 0 bridgehead atoms. The fourth-order valence-corrected chi connectivity index (χ4v) is 3.41. The lowest BCUT2D eigenvalue weighted by molar-refractivity contribution is 0.485. The Hall–Kier alpha value is -1.65. The van der Waals surface area contributed by atoms with Crippen LogP contribution in [0.4, 0.5) is 22.7 Å². The normalized spacial score (nSPS) is 13.2. The van der Waals surface area contributed by atoms with Crippen molar-refractivity contribution in [2.45, 2.75) is 9.79 Å². The molecule has 0 saturated carbocycles. The van der Waals surface area contributed by atoms with Gasteiger partial charge in [0.2, 0.25) is 0 Å². The van der Waals surface area contributed by atoms with Crippen LogP contribution in [0.5, 0.6) is 0 Å². The fourth-order valence-electron chi connectivity index (χ4n) is 2.36. The van der Waals surface area contributed by atoms with E-state index in [9.17, 15) is 0 Å². The Kier molecular flexibility index (Phi) is 3.38. The van der Waals surface area contributed by atoms with E-state index in [1.807, 2.05) is 11.8 Å². The van der Waals surface area contributed by atoms with Crippen LogP contribution >= 0.6 is 11.8 Å². The van der Waals surface area contributed by atoms with Crippen molar-refractivity contribution in [1.82, 2.24) is 4.48 Å². The van der Waals surface area contributed by atoms with E-state index >= 15 is 0 Å². The molecule has 0 spiro atoms. The first-order chi connectivity index (χ1) is 9.84. The van der Waals surface area contributed by atoms with Crippen LogP contribution in [0.15, 0.2) is 46.2 Å². The van der Waals surface area contributed by atoms with Crippen molar-refractivity contribution in [1.29, 1.82) is 0 Å². The van der Waals surface area contributed by atoms with E-state index < -0.39 is 0 Å². The summed E-state index contributed by atoms with van der Waals surface area (Å²) in [4.78, 5) is 4.72. The highest BCUT2D eigenvalue weighted by molar-refractivity contribution is 7.99. The molecule has 0 radical (unpaired) electrons. The van der Waals surface area contributed by atoms with Crippen LogP contribution in [0.2, 0.25) is 0 Å². The molecule has 1 aliphatic heterocycles. The van der Waals surface area contributed by atoms with Gasteiger partial charge in [0, 0.05) is 41.7 Å². The first-order valence-corrected chi connectivity index (χ1v) is 7.88. The maximum atomic E-state index is 3.54. The third kappa shape index (κ3) is 2.74. The van der Waals surface area contributed by atoms with Crippen molar-refractivity contribution in [3.63, 3.8) is 0 Å². The minimum Gasteiger partial charge on any atom is -0.378 e. The summed E-state index contributed by atoms with van der Waals surface area (Å²) in [5.41, 5.74) is 4.93. The van der Waals surface area contributed by atoms with Gasteiger partial charge in [0.25, 0.3) is 0 Å². The minimum atomic E-state index is 0.832. The average Bonchev–Trinajstić information content (AvgIpc) is 2.42. The number of fused-ring (bicyclic) bond motifs is 2. The second-order valence-electron chi connectivity index (χ2n) is 6.49. The predicted molar refractivity (Wildman–Crippen MR) is 94.2 cm³/mol. The summed E-state index contributed by atoms with van der Waals surface area (Å²) in [7, 11) is 10.7.